The number of hydrogen-bond acceptors (Lipinski definition) is 4. The Morgan fingerprint density at radius 3 is 2.13 bits per heavy atom. The molecule has 0 bridgehead atoms. The summed E-state index contributed by atoms with van der Waals surface area (Å²) in [5.41, 5.74) is -2.77. The number of carbonyl (C=O) groups excluding carboxylic acids is 1. The van der Waals surface area contributed by atoms with E-state index < -0.39 is 76.6 Å². The number of benzene rings is 2. The number of hydrogen-bond donors (Lipinski definition) is 2. The first kappa shape index (κ1) is 41.6. The summed E-state index contributed by atoms with van der Waals surface area (Å²) < 4.78 is 91.6. The van der Waals surface area contributed by atoms with Crippen LogP contribution in [0.3, 0.4) is 0 Å². The SMILES string of the molecule is CC#Cc1cc(-c2c(C)cc(F)cc2C)c(F)c([C@@H](CC(=O)O)NC(=O)[C@H](CC(C)C)n2cc(C3CCN(C4CCCC4)CC3)c(C(F)(F)F)cc2=O)c1F. The topological polar surface area (TPSA) is 91.6 Å². The minimum absolute atomic E-state index is 0.0675. The van der Waals surface area contributed by atoms with Crippen molar-refractivity contribution in [2.75, 3.05) is 13.1 Å². The summed E-state index contributed by atoms with van der Waals surface area (Å²) in [6.07, 6.45) is 0.362. The molecule has 2 fully saturated rings. The number of halogens is 6. The van der Waals surface area contributed by atoms with Crippen molar-refractivity contribution in [3.8, 4) is 23.0 Å². The maximum Gasteiger partial charge on any atom is 0.416 e. The van der Waals surface area contributed by atoms with E-state index in [-0.39, 0.29) is 34.6 Å². The molecule has 0 radical (unpaired) electrons. The lowest BCUT2D eigenvalue weighted by Crippen LogP contribution is -2.42. The fraction of sp³-hybridized carbons (Fsp3) is 0.500. The molecule has 0 spiro atoms. The van der Waals surface area contributed by atoms with Crippen molar-refractivity contribution in [1.29, 1.82) is 0 Å². The van der Waals surface area contributed by atoms with Crippen LogP contribution in [0.5, 0.6) is 0 Å². The second-order valence-electron chi connectivity index (χ2n) is 15.2. The highest BCUT2D eigenvalue weighted by Crippen LogP contribution is 2.41. The van der Waals surface area contributed by atoms with Gasteiger partial charge in [0.25, 0.3) is 5.56 Å². The van der Waals surface area contributed by atoms with Crippen LogP contribution in [0.4, 0.5) is 26.3 Å². The summed E-state index contributed by atoms with van der Waals surface area (Å²) in [5.74, 6) is -1.30. The third kappa shape index (κ3) is 9.29. The maximum atomic E-state index is 16.7. The highest BCUT2D eigenvalue weighted by atomic mass is 19.4. The lowest BCUT2D eigenvalue weighted by Gasteiger charge is -2.37. The zero-order chi connectivity index (χ0) is 40.4. The van der Waals surface area contributed by atoms with E-state index in [1.54, 1.807) is 13.8 Å². The van der Waals surface area contributed by atoms with Crippen molar-refractivity contribution in [3.63, 3.8) is 0 Å². The number of carbonyl (C=O) groups is 2. The number of aliphatic carboxylic acids is 1. The smallest absolute Gasteiger partial charge is 0.416 e. The Labute approximate surface area is 317 Å². The van der Waals surface area contributed by atoms with Crippen molar-refractivity contribution in [2.24, 2.45) is 5.92 Å². The van der Waals surface area contributed by atoms with Crippen LogP contribution < -0.4 is 10.9 Å². The third-order valence-electron chi connectivity index (χ3n) is 10.9. The van der Waals surface area contributed by atoms with Crippen LogP contribution >= 0.6 is 0 Å². The molecule has 2 N–H and O–H groups in total. The average molecular weight is 772 g/mol. The van der Waals surface area contributed by atoms with E-state index in [1.165, 1.54) is 20.8 Å². The number of carboxylic acids is 1. The summed E-state index contributed by atoms with van der Waals surface area (Å²) in [6, 6.07) is 1.06. The number of aromatic nitrogens is 1. The molecule has 13 heteroatoms. The van der Waals surface area contributed by atoms with E-state index >= 15 is 8.78 Å². The van der Waals surface area contributed by atoms with Gasteiger partial charge in [-0.25, -0.2) is 13.2 Å². The van der Waals surface area contributed by atoms with Gasteiger partial charge in [-0.2, -0.15) is 13.2 Å². The summed E-state index contributed by atoms with van der Waals surface area (Å²) in [4.78, 5) is 42.3. The lowest BCUT2D eigenvalue weighted by atomic mass is 9.86. The number of aryl methyl sites for hydroxylation is 2. The molecule has 2 atom stereocenters. The third-order valence-corrected chi connectivity index (χ3v) is 10.9. The van der Waals surface area contributed by atoms with Crippen molar-refractivity contribution >= 4 is 11.9 Å². The van der Waals surface area contributed by atoms with Crippen LogP contribution in [-0.2, 0) is 15.8 Å². The van der Waals surface area contributed by atoms with Gasteiger partial charge in [0.05, 0.1) is 23.6 Å². The van der Waals surface area contributed by atoms with E-state index in [2.05, 4.69) is 22.1 Å². The van der Waals surface area contributed by atoms with Gasteiger partial charge in [0.1, 0.15) is 23.5 Å². The zero-order valence-electron chi connectivity index (χ0n) is 31.7. The molecule has 3 aromatic rings. The maximum absolute atomic E-state index is 16.7. The number of likely N-dealkylation sites (tertiary alicyclic amines) is 1. The van der Waals surface area contributed by atoms with Gasteiger partial charge in [-0.1, -0.05) is 32.6 Å². The van der Waals surface area contributed by atoms with Crippen molar-refractivity contribution in [2.45, 2.75) is 116 Å². The fourth-order valence-corrected chi connectivity index (χ4v) is 8.39. The van der Waals surface area contributed by atoms with Crippen LogP contribution in [-0.4, -0.2) is 45.6 Å². The summed E-state index contributed by atoms with van der Waals surface area (Å²) >= 11 is 0. The van der Waals surface area contributed by atoms with Crippen molar-refractivity contribution in [3.05, 3.63) is 91.6 Å². The Hall–Kier alpha value is -4.57. The number of nitrogens with one attached hydrogen (secondary N) is 1. The predicted octanol–water partition coefficient (Wildman–Crippen LogP) is 8.98. The van der Waals surface area contributed by atoms with Gasteiger partial charge < -0.3 is 19.9 Å². The van der Waals surface area contributed by atoms with Gasteiger partial charge in [-0.3, -0.25) is 14.4 Å². The van der Waals surface area contributed by atoms with Gasteiger partial charge in [0.2, 0.25) is 5.91 Å². The van der Waals surface area contributed by atoms with Crippen LogP contribution in [0.25, 0.3) is 11.1 Å². The molecule has 1 aromatic heterocycles. The molecular formula is C42H47F6N3O4. The van der Waals surface area contributed by atoms with Crippen LogP contribution in [0.15, 0.2) is 35.3 Å². The Kier molecular flexibility index (Phi) is 12.9. The molecule has 2 aliphatic rings. The molecule has 296 valence electrons. The number of amides is 1. The minimum atomic E-state index is -4.85. The molecule has 1 saturated carbocycles. The van der Waals surface area contributed by atoms with E-state index in [0.717, 1.165) is 54.6 Å². The molecule has 1 saturated heterocycles. The first-order valence-electron chi connectivity index (χ1n) is 18.7. The lowest BCUT2D eigenvalue weighted by molar-refractivity contribution is -0.139. The zero-order valence-corrected chi connectivity index (χ0v) is 31.7. The molecule has 7 nitrogen and oxygen atoms in total. The van der Waals surface area contributed by atoms with Crippen molar-refractivity contribution in [1.82, 2.24) is 14.8 Å². The second kappa shape index (κ2) is 17.1. The molecule has 1 aliphatic heterocycles. The van der Waals surface area contributed by atoms with E-state index in [9.17, 15) is 37.1 Å². The summed E-state index contributed by atoms with van der Waals surface area (Å²) in [5, 5.41) is 12.4. The number of pyridine rings is 1. The Bertz CT molecular complexity index is 2030. The van der Waals surface area contributed by atoms with Crippen LogP contribution in [0, 0.1) is 49.1 Å². The van der Waals surface area contributed by atoms with Crippen LogP contribution in [0.1, 0.15) is 124 Å². The standard InChI is InChI=1S/C42H47F6N3O4/c1-6-9-27-19-30(37-24(4)17-28(43)18-25(37)5)40(45)38(39(27)44)33(21-36(53)54)49-41(55)34(16-23(2)3)51-22-31(32(20-35(51)52)42(46,47)48)26-12-14-50(15-13-26)29-10-7-8-11-29/h17-20,22-23,26,29,33-34H,7-8,10-16,21H2,1-5H3,(H,49,55)(H,53,54)/t33-,34+/m1/s1. The molecule has 1 aliphatic carbocycles. The number of carboxylic acid groups (broad SMARTS) is 1. The molecule has 55 heavy (non-hydrogen) atoms. The highest BCUT2D eigenvalue weighted by Gasteiger charge is 2.39. The monoisotopic (exact) mass is 771 g/mol. The number of nitrogens with zero attached hydrogens (tertiary/aromatic N) is 2. The quantitative estimate of drug-likeness (QED) is 0.150. The number of piperidine rings is 1. The average Bonchev–Trinajstić information content (AvgIpc) is 3.63. The van der Waals surface area contributed by atoms with Gasteiger partial charge in [0, 0.05) is 29.4 Å². The van der Waals surface area contributed by atoms with Crippen LogP contribution in [0.2, 0.25) is 0 Å². The molecule has 5 rings (SSSR count). The predicted molar refractivity (Wildman–Crippen MR) is 197 cm³/mol. The van der Waals surface area contributed by atoms with Gasteiger partial charge >= 0.3 is 12.1 Å². The summed E-state index contributed by atoms with van der Waals surface area (Å²) in [6.45, 7) is 9.12. The molecule has 0 unspecified atom stereocenters. The van der Waals surface area contributed by atoms with Gasteiger partial charge in [0.15, 0.2) is 0 Å². The fourth-order valence-electron chi connectivity index (χ4n) is 8.39. The van der Waals surface area contributed by atoms with Crippen molar-refractivity contribution < 1.29 is 41.0 Å². The van der Waals surface area contributed by atoms with Gasteiger partial charge in [-0.05, 0) is 118 Å². The number of rotatable bonds is 11. The van der Waals surface area contributed by atoms with Gasteiger partial charge in [-0.15, -0.1) is 5.92 Å². The molecule has 2 heterocycles. The molecular weight excluding hydrogens is 724 g/mol. The number of alkyl halides is 3. The Morgan fingerprint density at radius 1 is 0.964 bits per heavy atom. The molecule has 1 amide bonds. The minimum Gasteiger partial charge on any atom is -0.481 e. The van der Waals surface area contributed by atoms with E-state index in [1.807, 2.05) is 0 Å². The first-order valence-corrected chi connectivity index (χ1v) is 18.7. The Morgan fingerprint density at radius 2 is 1.58 bits per heavy atom. The second-order valence-corrected chi connectivity index (χ2v) is 15.2. The summed E-state index contributed by atoms with van der Waals surface area (Å²) in [7, 11) is 0. The Balaban J connectivity index is 1.59. The molecule has 2 aromatic carbocycles. The van der Waals surface area contributed by atoms with E-state index in [4.69, 9.17) is 0 Å². The largest absolute Gasteiger partial charge is 0.481 e. The highest BCUT2D eigenvalue weighted by molar-refractivity contribution is 5.82. The first-order chi connectivity index (χ1) is 25.9. The van der Waals surface area contributed by atoms with E-state index in [0.29, 0.717) is 49.2 Å². The normalized spacial score (nSPS) is 16.9.